The summed E-state index contributed by atoms with van der Waals surface area (Å²) in [6.07, 6.45) is -2.22. The topological polar surface area (TPSA) is 172 Å². The Morgan fingerprint density at radius 2 is 1.60 bits per heavy atom. The summed E-state index contributed by atoms with van der Waals surface area (Å²) in [5.41, 5.74) is 1.71. The lowest BCUT2D eigenvalue weighted by atomic mass is 10.0. The average molecular weight is 591 g/mol. The Morgan fingerprint density at radius 3 is 2.33 bits per heavy atom. The molecule has 3 aromatic rings. The van der Waals surface area contributed by atoms with Crippen molar-refractivity contribution in [1.29, 1.82) is 0 Å². The number of ketones is 2. The van der Waals surface area contributed by atoms with Gasteiger partial charge in [-0.05, 0) is 66.2 Å². The van der Waals surface area contributed by atoms with Gasteiger partial charge in [-0.1, -0.05) is 18.2 Å². The van der Waals surface area contributed by atoms with Gasteiger partial charge in [0.1, 0.15) is 36.6 Å². The van der Waals surface area contributed by atoms with Crippen LogP contribution in [-0.4, -0.2) is 74.9 Å². The second-order valence-electron chi connectivity index (χ2n) is 10.1. The molecule has 5 N–H and O–H groups in total. The number of phenolic OH excluding ortho intramolecular Hbond substituents is 3. The van der Waals surface area contributed by atoms with Gasteiger partial charge < -0.3 is 44.5 Å². The Bertz CT molecular complexity index is 1530. The van der Waals surface area contributed by atoms with Crippen molar-refractivity contribution in [3.63, 3.8) is 0 Å². The summed E-state index contributed by atoms with van der Waals surface area (Å²) >= 11 is 0. The summed E-state index contributed by atoms with van der Waals surface area (Å²) < 4.78 is 23.2. The number of hydrogen-bond acceptors (Lipinski definition) is 11. The van der Waals surface area contributed by atoms with E-state index in [-0.39, 0.29) is 66.4 Å². The minimum atomic E-state index is -1.53. The molecule has 3 unspecified atom stereocenters. The van der Waals surface area contributed by atoms with Crippen molar-refractivity contribution >= 4 is 23.4 Å². The molecule has 0 saturated carbocycles. The number of rotatable bonds is 9. The molecule has 4 atom stereocenters. The molecule has 0 radical (unpaired) electrons. The van der Waals surface area contributed by atoms with Crippen LogP contribution in [0.3, 0.4) is 0 Å². The molecule has 11 heteroatoms. The molecule has 5 rings (SSSR count). The first-order valence-electron chi connectivity index (χ1n) is 13.5. The van der Waals surface area contributed by atoms with E-state index in [1.54, 1.807) is 18.2 Å². The maximum atomic E-state index is 13.7. The van der Waals surface area contributed by atoms with Gasteiger partial charge in [-0.25, -0.2) is 0 Å². The lowest BCUT2D eigenvalue weighted by Crippen LogP contribution is -2.50. The maximum absolute atomic E-state index is 13.7. The Morgan fingerprint density at radius 1 is 0.930 bits per heavy atom. The van der Waals surface area contributed by atoms with Crippen molar-refractivity contribution < 1.29 is 54.1 Å². The third-order valence-corrected chi connectivity index (χ3v) is 6.89. The molecular formula is C32H30O11. The van der Waals surface area contributed by atoms with Gasteiger partial charge in [0.15, 0.2) is 11.5 Å². The standard InChI is InChI=1S/C32H30O11/c33-21-6-1-18(2-7-21)3-8-24(36)16-40-17-25-14-27(37)29(39)32(42-25)43-31-28(38)26-12-11-23(35)13-20(26)15-41-30(31)19-4-9-22(34)10-5-19/h1-13,25,27,29,32-35,37,39H,14-17H2/b8-3+/t25?,27?,29-,32?/m1/s1. The lowest BCUT2D eigenvalue weighted by molar-refractivity contribution is -0.259. The first-order chi connectivity index (χ1) is 20.7. The van der Waals surface area contributed by atoms with Crippen LogP contribution in [0, 0.1) is 0 Å². The van der Waals surface area contributed by atoms with Crippen LogP contribution >= 0.6 is 0 Å². The largest absolute Gasteiger partial charge is 0.508 e. The number of aliphatic hydroxyl groups is 2. The molecule has 0 aliphatic carbocycles. The number of fused-ring (bicyclic) bond motifs is 1. The number of benzene rings is 3. The zero-order valence-electron chi connectivity index (χ0n) is 22.8. The van der Waals surface area contributed by atoms with Crippen LogP contribution in [0.5, 0.6) is 17.2 Å². The average Bonchev–Trinajstić information content (AvgIpc) is 3.11. The van der Waals surface area contributed by atoms with Gasteiger partial charge in [0.2, 0.25) is 17.8 Å². The number of aliphatic hydroxyl groups excluding tert-OH is 2. The molecule has 11 nitrogen and oxygen atoms in total. The SMILES string of the molecule is O=C(/C=C/c1ccc(O)cc1)COCC1CC(O)[C@@H](O)C(OC2=C(c3ccc(O)cc3)OCc3cc(O)ccc3C2=O)O1. The minimum Gasteiger partial charge on any atom is -0.508 e. The fourth-order valence-electron chi connectivity index (χ4n) is 4.65. The van der Waals surface area contributed by atoms with Crippen LogP contribution in [0.2, 0.25) is 0 Å². The van der Waals surface area contributed by atoms with Crippen molar-refractivity contribution in [1.82, 2.24) is 0 Å². The summed E-state index contributed by atoms with van der Waals surface area (Å²) in [4.78, 5) is 25.9. The molecule has 43 heavy (non-hydrogen) atoms. The molecule has 2 aliphatic rings. The molecule has 224 valence electrons. The number of aromatic hydroxyl groups is 3. The fraction of sp³-hybridized carbons (Fsp3) is 0.250. The van der Waals surface area contributed by atoms with E-state index in [1.807, 2.05) is 0 Å². The number of phenols is 3. The van der Waals surface area contributed by atoms with Gasteiger partial charge >= 0.3 is 0 Å². The van der Waals surface area contributed by atoms with E-state index >= 15 is 0 Å². The van der Waals surface area contributed by atoms with Gasteiger partial charge in [0.25, 0.3) is 0 Å². The fourth-order valence-corrected chi connectivity index (χ4v) is 4.65. The predicted octanol–water partition coefficient (Wildman–Crippen LogP) is 3.04. The van der Waals surface area contributed by atoms with Crippen LogP contribution in [-0.2, 0) is 30.3 Å². The summed E-state index contributed by atoms with van der Waals surface area (Å²) in [5.74, 6) is -1.18. The van der Waals surface area contributed by atoms with Gasteiger partial charge in [0.05, 0.1) is 18.8 Å². The first kappa shape index (κ1) is 29.8. The highest BCUT2D eigenvalue weighted by molar-refractivity contribution is 6.12. The van der Waals surface area contributed by atoms with Crippen molar-refractivity contribution in [3.8, 4) is 17.2 Å². The van der Waals surface area contributed by atoms with E-state index in [2.05, 4.69) is 0 Å². The van der Waals surface area contributed by atoms with Crippen LogP contribution in [0.25, 0.3) is 11.8 Å². The number of allylic oxidation sites excluding steroid dienone is 1. The molecule has 0 bridgehead atoms. The van der Waals surface area contributed by atoms with Crippen LogP contribution in [0.15, 0.2) is 78.6 Å². The van der Waals surface area contributed by atoms with E-state index in [9.17, 15) is 35.1 Å². The molecule has 3 aromatic carbocycles. The van der Waals surface area contributed by atoms with E-state index < -0.39 is 30.4 Å². The second-order valence-corrected chi connectivity index (χ2v) is 10.1. The van der Waals surface area contributed by atoms with E-state index in [4.69, 9.17) is 18.9 Å². The zero-order chi connectivity index (χ0) is 30.5. The summed E-state index contributed by atoms with van der Waals surface area (Å²) in [7, 11) is 0. The Labute approximate surface area is 246 Å². The minimum absolute atomic E-state index is 0.00805. The first-order valence-corrected chi connectivity index (χ1v) is 13.5. The van der Waals surface area contributed by atoms with Crippen LogP contribution in [0.1, 0.15) is 33.5 Å². The van der Waals surface area contributed by atoms with E-state index in [0.717, 1.165) is 5.56 Å². The number of hydrogen-bond donors (Lipinski definition) is 5. The number of Topliss-reactive ketones (excluding diaryl/α,β-unsaturated/α-hetero) is 1. The lowest BCUT2D eigenvalue weighted by Gasteiger charge is -2.37. The van der Waals surface area contributed by atoms with Crippen molar-refractivity contribution in [3.05, 3.63) is 101 Å². The molecule has 1 fully saturated rings. The quantitative estimate of drug-likeness (QED) is 0.232. The zero-order valence-corrected chi connectivity index (χ0v) is 22.8. The van der Waals surface area contributed by atoms with E-state index in [1.165, 1.54) is 60.7 Å². The Kier molecular flexibility index (Phi) is 9.07. The molecule has 0 amide bonds. The second kappa shape index (κ2) is 13.1. The molecule has 0 aromatic heterocycles. The predicted molar refractivity (Wildman–Crippen MR) is 152 cm³/mol. The molecule has 1 saturated heterocycles. The molecule has 0 spiro atoms. The normalized spacial score (nSPS) is 22.1. The van der Waals surface area contributed by atoms with Crippen molar-refractivity contribution in [2.75, 3.05) is 13.2 Å². The molecule has 2 aliphatic heterocycles. The monoisotopic (exact) mass is 590 g/mol. The summed E-state index contributed by atoms with van der Waals surface area (Å²) in [6.45, 7) is -0.468. The van der Waals surface area contributed by atoms with Crippen LogP contribution in [0.4, 0.5) is 0 Å². The van der Waals surface area contributed by atoms with Gasteiger partial charge in [-0.3, -0.25) is 9.59 Å². The smallest absolute Gasteiger partial charge is 0.232 e. The Balaban J connectivity index is 1.30. The van der Waals surface area contributed by atoms with Crippen LogP contribution < -0.4 is 0 Å². The molecular weight excluding hydrogens is 560 g/mol. The van der Waals surface area contributed by atoms with Crippen molar-refractivity contribution in [2.45, 2.75) is 37.6 Å². The van der Waals surface area contributed by atoms with Gasteiger partial charge in [0, 0.05) is 23.1 Å². The third-order valence-electron chi connectivity index (χ3n) is 6.89. The Hall–Kier alpha value is -4.68. The van der Waals surface area contributed by atoms with Gasteiger partial charge in [-0.15, -0.1) is 0 Å². The highest BCUT2D eigenvalue weighted by Gasteiger charge is 2.41. The molecule has 2 heterocycles. The third kappa shape index (κ3) is 7.22. The summed E-state index contributed by atoms with van der Waals surface area (Å²) in [5, 5.41) is 50.3. The highest BCUT2D eigenvalue weighted by Crippen LogP contribution is 2.34. The van der Waals surface area contributed by atoms with E-state index in [0.29, 0.717) is 11.1 Å². The van der Waals surface area contributed by atoms with Gasteiger partial charge in [-0.2, -0.15) is 0 Å². The van der Waals surface area contributed by atoms with Crippen molar-refractivity contribution in [2.24, 2.45) is 0 Å². The number of ether oxygens (including phenoxy) is 4. The number of carbonyl (C=O) groups excluding carboxylic acids is 2. The number of carbonyl (C=O) groups is 2. The summed E-state index contributed by atoms with van der Waals surface area (Å²) in [6, 6.07) is 16.3. The highest BCUT2D eigenvalue weighted by atomic mass is 16.7. The maximum Gasteiger partial charge on any atom is 0.232 e.